The zero-order valence-corrected chi connectivity index (χ0v) is 17.6. The topological polar surface area (TPSA) is 98.7 Å². The summed E-state index contributed by atoms with van der Waals surface area (Å²) in [5.74, 6) is 0.510. The predicted octanol–water partition coefficient (Wildman–Crippen LogP) is 2.02. The Hall–Kier alpha value is -2.26. The Kier molecular flexibility index (Phi) is 5.85. The summed E-state index contributed by atoms with van der Waals surface area (Å²) in [6.45, 7) is 9.50. The van der Waals surface area contributed by atoms with Crippen LogP contribution in [0.4, 0.5) is 11.8 Å². The number of thiophene rings is 1. The molecule has 3 heterocycles. The molecular formula is C19H27N5O3S. The molecule has 1 saturated heterocycles. The van der Waals surface area contributed by atoms with E-state index in [1.54, 1.807) is 25.2 Å². The van der Waals surface area contributed by atoms with Gasteiger partial charge in [0.15, 0.2) is 0 Å². The maximum atomic E-state index is 12.4. The summed E-state index contributed by atoms with van der Waals surface area (Å²) in [7, 11) is 0. The quantitative estimate of drug-likeness (QED) is 0.790. The van der Waals surface area contributed by atoms with Gasteiger partial charge in [-0.05, 0) is 25.8 Å². The molecule has 0 aliphatic carbocycles. The molecule has 9 heteroatoms. The van der Waals surface area contributed by atoms with Crippen LogP contribution in [-0.4, -0.2) is 63.6 Å². The van der Waals surface area contributed by atoms with Crippen molar-refractivity contribution in [1.82, 2.24) is 14.9 Å². The third-order valence-corrected chi connectivity index (χ3v) is 6.37. The number of amides is 2. The zero-order chi connectivity index (χ0) is 20.5. The molecule has 2 amide bonds. The number of rotatable bonds is 5. The predicted molar refractivity (Wildman–Crippen MR) is 111 cm³/mol. The van der Waals surface area contributed by atoms with E-state index in [1.165, 1.54) is 11.8 Å². The van der Waals surface area contributed by atoms with Crippen LogP contribution in [0.3, 0.4) is 0 Å². The highest BCUT2D eigenvalue weighted by Gasteiger charge is 2.29. The number of aliphatic hydroxyl groups is 1. The molecule has 2 aromatic heterocycles. The van der Waals surface area contributed by atoms with Gasteiger partial charge in [0.2, 0.25) is 11.9 Å². The number of hydrogen-bond acceptors (Lipinski definition) is 7. The van der Waals surface area contributed by atoms with Crippen molar-refractivity contribution in [3.05, 3.63) is 10.9 Å². The number of hydrogen-bond donors (Lipinski definition) is 2. The molecule has 0 spiro atoms. The normalized spacial score (nSPS) is 16.9. The van der Waals surface area contributed by atoms with Gasteiger partial charge in [-0.25, -0.2) is 4.98 Å². The van der Waals surface area contributed by atoms with Gasteiger partial charge in [0.25, 0.3) is 5.91 Å². The molecule has 0 bridgehead atoms. The van der Waals surface area contributed by atoms with Crippen LogP contribution in [0, 0.1) is 0 Å². The molecule has 152 valence electrons. The van der Waals surface area contributed by atoms with Crippen LogP contribution in [0.1, 0.15) is 39.0 Å². The van der Waals surface area contributed by atoms with E-state index in [0.29, 0.717) is 32.6 Å². The minimum atomic E-state index is -1.48. The first-order valence-corrected chi connectivity index (χ1v) is 10.4. The fourth-order valence-corrected chi connectivity index (χ4v) is 4.02. The number of fused-ring (bicyclic) bond motifs is 1. The summed E-state index contributed by atoms with van der Waals surface area (Å²) in [5.41, 5.74) is -1.48. The summed E-state index contributed by atoms with van der Waals surface area (Å²) in [6.07, 6.45) is 1.19. The second kappa shape index (κ2) is 8.00. The van der Waals surface area contributed by atoms with Gasteiger partial charge in [0.1, 0.15) is 16.2 Å². The van der Waals surface area contributed by atoms with E-state index >= 15 is 0 Å². The number of anilines is 2. The first-order chi connectivity index (χ1) is 13.2. The molecule has 28 heavy (non-hydrogen) atoms. The summed E-state index contributed by atoms with van der Waals surface area (Å²) in [6, 6.07) is 2.10. The molecule has 3 rings (SSSR count). The highest BCUT2D eigenvalue weighted by molar-refractivity contribution is 7.18. The van der Waals surface area contributed by atoms with Crippen molar-refractivity contribution in [1.29, 1.82) is 0 Å². The number of nitrogens with one attached hydrogen (secondary N) is 1. The fourth-order valence-electron chi connectivity index (χ4n) is 3.06. The van der Waals surface area contributed by atoms with E-state index in [2.05, 4.69) is 33.2 Å². The Morgan fingerprint density at radius 3 is 2.50 bits per heavy atom. The summed E-state index contributed by atoms with van der Waals surface area (Å²) in [5, 5.41) is 13.8. The lowest BCUT2D eigenvalue weighted by Crippen LogP contribution is -2.48. The van der Waals surface area contributed by atoms with Gasteiger partial charge >= 0.3 is 0 Å². The van der Waals surface area contributed by atoms with Crippen molar-refractivity contribution in [2.45, 2.75) is 46.1 Å². The van der Waals surface area contributed by atoms with Gasteiger partial charge in [0.05, 0.1) is 5.39 Å². The van der Waals surface area contributed by atoms with Crippen molar-refractivity contribution in [2.24, 2.45) is 0 Å². The molecule has 0 aromatic carbocycles. The van der Waals surface area contributed by atoms with Crippen molar-refractivity contribution in [3.63, 3.8) is 0 Å². The Labute approximate surface area is 168 Å². The van der Waals surface area contributed by atoms with Crippen molar-refractivity contribution in [3.8, 4) is 0 Å². The highest BCUT2D eigenvalue weighted by atomic mass is 32.1. The Bertz CT molecular complexity index is 887. The molecule has 1 aliphatic heterocycles. The standard InChI is InChI=1S/C19H27N5O3S/c1-5-13-11-14-15(24-9-7-23(8-10-24)12(3)25)20-18(21-16(14)28-13)22-17(26)19(4,27)6-2/h11,27H,5-10H2,1-4H3,(H,20,21,22,26). The second-order valence-corrected chi connectivity index (χ2v) is 8.35. The zero-order valence-electron chi connectivity index (χ0n) is 16.8. The lowest BCUT2D eigenvalue weighted by atomic mass is 10.0. The summed E-state index contributed by atoms with van der Waals surface area (Å²) < 4.78 is 0. The Morgan fingerprint density at radius 2 is 1.93 bits per heavy atom. The van der Waals surface area contributed by atoms with Gasteiger partial charge in [-0.1, -0.05) is 13.8 Å². The average Bonchev–Trinajstić information content (AvgIpc) is 3.10. The molecule has 0 saturated carbocycles. The summed E-state index contributed by atoms with van der Waals surface area (Å²) >= 11 is 1.58. The minimum Gasteiger partial charge on any atom is -0.380 e. The van der Waals surface area contributed by atoms with Gasteiger partial charge in [-0.15, -0.1) is 11.3 Å². The van der Waals surface area contributed by atoms with Crippen molar-refractivity contribution in [2.75, 3.05) is 36.4 Å². The van der Waals surface area contributed by atoms with Crippen LogP contribution in [0.2, 0.25) is 0 Å². The van der Waals surface area contributed by atoms with E-state index in [9.17, 15) is 14.7 Å². The van der Waals surface area contributed by atoms with Gasteiger partial charge in [0, 0.05) is 38.0 Å². The van der Waals surface area contributed by atoms with Crippen LogP contribution < -0.4 is 10.2 Å². The fraction of sp³-hybridized carbons (Fsp3) is 0.579. The van der Waals surface area contributed by atoms with E-state index in [0.717, 1.165) is 22.5 Å². The maximum absolute atomic E-state index is 12.4. The molecule has 2 N–H and O–H groups in total. The third kappa shape index (κ3) is 4.10. The van der Waals surface area contributed by atoms with Gasteiger partial charge in [-0.2, -0.15) is 4.98 Å². The molecule has 8 nitrogen and oxygen atoms in total. The smallest absolute Gasteiger partial charge is 0.258 e. The Balaban J connectivity index is 1.95. The lowest BCUT2D eigenvalue weighted by Gasteiger charge is -2.35. The third-order valence-electron chi connectivity index (χ3n) is 5.20. The largest absolute Gasteiger partial charge is 0.380 e. The van der Waals surface area contributed by atoms with E-state index in [1.807, 2.05) is 4.90 Å². The monoisotopic (exact) mass is 405 g/mol. The van der Waals surface area contributed by atoms with E-state index < -0.39 is 11.5 Å². The van der Waals surface area contributed by atoms with Gasteiger partial charge < -0.3 is 14.9 Å². The number of carbonyl (C=O) groups is 2. The minimum absolute atomic E-state index is 0.0750. The van der Waals surface area contributed by atoms with Crippen LogP contribution in [0.25, 0.3) is 10.2 Å². The highest BCUT2D eigenvalue weighted by Crippen LogP contribution is 2.33. The maximum Gasteiger partial charge on any atom is 0.258 e. The average molecular weight is 406 g/mol. The molecule has 1 aliphatic rings. The van der Waals surface area contributed by atoms with Crippen LogP contribution >= 0.6 is 11.3 Å². The number of carbonyl (C=O) groups excluding carboxylic acids is 2. The molecule has 1 unspecified atom stereocenters. The first-order valence-electron chi connectivity index (χ1n) is 9.60. The molecule has 1 atom stereocenters. The SMILES string of the molecule is CCc1cc2c(N3CCN(C(C)=O)CC3)nc(NC(=O)C(C)(O)CC)nc2s1. The summed E-state index contributed by atoms with van der Waals surface area (Å²) in [4.78, 5) is 39.0. The number of nitrogens with zero attached hydrogens (tertiary/aromatic N) is 4. The molecule has 1 fully saturated rings. The van der Waals surface area contributed by atoms with Crippen molar-refractivity contribution >= 4 is 45.1 Å². The first kappa shape index (κ1) is 20.5. The molecule has 0 radical (unpaired) electrons. The van der Waals surface area contributed by atoms with Crippen LogP contribution in [0.15, 0.2) is 6.07 Å². The molecule has 2 aromatic rings. The van der Waals surface area contributed by atoms with Crippen LogP contribution in [-0.2, 0) is 16.0 Å². The van der Waals surface area contributed by atoms with Gasteiger partial charge in [-0.3, -0.25) is 14.9 Å². The molecular weight excluding hydrogens is 378 g/mol. The van der Waals surface area contributed by atoms with E-state index in [4.69, 9.17) is 0 Å². The van der Waals surface area contributed by atoms with Crippen molar-refractivity contribution < 1.29 is 14.7 Å². The van der Waals surface area contributed by atoms with E-state index in [-0.39, 0.29) is 11.9 Å². The number of piperazine rings is 1. The number of aryl methyl sites for hydroxylation is 1. The van der Waals surface area contributed by atoms with Crippen LogP contribution in [0.5, 0.6) is 0 Å². The lowest BCUT2D eigenvalue weighted by molar-refractivity contribution is -0.132. The number of aromatic nitrogens is 2. The second-order valence-electron chi connectivity index (χ2n) is 7.23. The Morgan fingerprint density at radius 1 is 1.25 bits per heavy atom.